The summed E-state index contributed by atoms with van der Waals surface area (Å²) in [7, 11) is 3.28. The third-order valence-electron chi connectivity index (χ3n) is 2.69. The lowest BCUT2D eigenvalue weighted by Crippen LogP contribution is -2.43. The summed E-state index contributed by atoms with van der Waals surface area (Å²) in [6, 6.07) is 3.23. The number of carbonyl (C=O) groups excluding carboxylic acids is 2. The van der Waals surface area contributed by atoms with E-state index in [1.165, 1.54) is 0 Å². The fourth-order valence-corrected chi connectivity index (χ4v) is 1.40. The van der Waals surface area contributed by atoms with E-state index in [-0.39, 0.29) is 24.1 Å². The van der Waals surface area contributed by atoms with Crippen LogP contribution in [0.1, 0.15) is 24.3 Å². The third kappa shape index (κ3) is 3.90. The summed E-state index contributed by atoms with van der Waals surface area (Å²) in [5.41, 5.74) is -0.463. The highest BCUT2D eigenvalue weighted by molar-refractivity contribution is 5.92. The van der Waals surface area contributed by atoms with Crippen LogP contribution in [0, 0.1) is 5.41 Å². The van der Waals surface area contributed by atoms with Crippen molar-refractivity contribution in [2.45, 2.75) is 13.8 Å². The zero-order valence-electron chi connectivity index (χ0n) is 11.6. The van der Waals surface area contributed by atoms with E-state index in [2.05, 4.69) is 26.1 Å². The first-order valence-corrected chi connectivity index (χ1v) is 5.92. The smallest absolute Gasteiger partial charge is 0.271 e. The van der Waals surface area contributed by atoms with E-state index in [4.69, 9.17) is 0 Å². The van der Waals surface area contributed by atoms with E-state index in [1.807, 2.05) is 0 Å². The molecule has 1 aromatic heterocycles. The Balaban J connectivity index is 2.62. The van der Waals surface area contributed by atoms with Crippen molar-refractivity contribution in [3.8, 4) is 0 Å². The molecule has 19 heavy (non-hydrogen) atoms. The Morgan fingerprint density at radius 1 is 1.21 bits per heavy atom. The molecule has 0 aromatic carbocycles. The van der Waals surface area contributed by atoms with Gasteiger partial charge in [-0.2, -0.15) is 0 Å². The molecule has 0 saturated heterocycles. The van der Waals surface area contributed by atoms with Gasteiger partial charge < -0.3 is 16.0 Å². The molecule has 1 heterocycles. The monoisotopic (exact) mass is 265 g/mol. The second kappa shape index (κ2) is 6.12. The number of hydrogen-bond acceptors (Lipinski definition) is 5. The van der Waals surface area contributed by atoms with E-state index in [0.29, 0.717) is 5.82 Å². The SMILES string of the molecule is CNC(=O)C(C)(C)CNC(=O)c1ccc(NC)nn1. The fourth-order valence-electron chi connectivity index (χ4n) is 1.40. The van der Waals surface area contributed by atoms with E-state index in [0.717, 1.165) is 0 Å². The Morgan fingerprint density at radius 2 is 1.89 bits per heavy atom. The van der Waals surface area contributed by atoms with Gasteiger partial charge in [0, 0.05) is 20.6 Å². The van der Waals surface area contributed by atoms with E-state index in [9.17, 15) is 9.59 Å². The maximum atomic E-state index is 11.8. The Labute approximate surface area is 112 Å². The van der Waals surface area contributed by atoms with Crippen LogP contribution in [0.2, 0.25) is 0 Å². The van der Waals surface area contributed by atoms with Gasteiger partial charge in [0.2, 0.25) is 5.91 Å². The Kier molecular flexibility index (Phi) is 4.80. The summed E-state index contributed by atoms with van der Waals surface area (Å²) in [5, 5.41) is 15.6. The molecule has 0 unspecified atom stereocenters. The van der Waals surface area contributed by atoms with Crippen molar-refractivity contribution < 1.29 is 9.59 Å². The minimum Gasteiger partial charge on any atom is -0.372 e. The van der Waals surface area contributed by atoms with Gasteiger partial charge >= 0.3 is 0 Å². The second-order valence-corrected chi connectivity index (χ2v) is 4.70. The first-order chi connectivity index (χ1) is 8.90. The highest BCUT2D eigenvalue weighted by Gasteiger charge is 2.27. The lowest BCUT2D eigenvalue weighted by molar-refractivity contribution is -0.128. The van der Waals surface area contributed by atoms with Gasteiger partial charge in [-0.25, -0.2) is 0 Å². The third-order valence-corrected chi connectivity index (χ3v) is 2.69. The molecule has 0 aliphatic heterocycles. The summed E-state index contributed by atoms with van der Waals surface area (Å²) in [6.45, 7) is 3.73. The Bertz CT molecular complexity index is 456. The first-order valence-electron chi connectivity index (χ1n) is 5.92. The van der Waals surface area contributed by atoms with Crippen molar-refractivity contribution in [1.29, 1.82) is 0 Å². The van der Waals surface area contributed by atoms with Crippen molar-refractivity contribution in [3.05, 3.63) is 17.8 Å². The van der Waals surface area contributed by atoms with Crippen LogP contribution in [0.25, 0.3) is 0 Å². The molecule has 1 aromatic rings. The van der Waals surface area contributed by atoms with Crippen molar-refractivity contribution in [2.75, 3.05) is 26.0 Å². The van der Waals surface area contributed by atoms with Crippen LogP contribution < -0.4 is 16.0 Å². The number of anilines is 1. The van der Waals surface area contributed by atoms with E-state index < -0.39 is 5.41 Å². The van der Waals surface area contributed by atoms with Gasteiger partial charge in [0.05, 0.1) is 5.41 Å². The van der Waals surface area contributed by atoms with Gasteiger partial charge in [0.15, 0.2) is 5.69 Å². The van der Waals surface area contributed by atoms with Gasteiger partial charge in [-0.1, -0.05) is 0 Å². The topological polar surface area (TPSA) is 96.0 Å². The second-order valence-electron chi connectivity index (χ2n) is 4.70. The molecule has 7 heteroatoms. The number of aromatic nitrogens is 2. The minimum atomic E-state index is -0.678. The largest absolute Gasteiger partial charge is 0.372 e. The molecular weight excluding hydrogens is 246 g/mol. The lowest BCUT2D eigenvalue weighted by atomic mass is 9.92. The molecule has 0 bridgehead atoms. The van der Waals surface area contributed by atoms with Gasteiger partial charge in [-0.3, -0.25) is 9.59 Å². The standard InChI is InChI=1S/C12H19N5O2/c1-12(2,11(19)14-4)7-15-10(18)8-5-6-9(13-3)17-16-8/h5-6H,7H2,1-4H3,(H,13,17)(H,14,19)(H,15,18). The molecule has 7 nitrogen and oxygen atoms in total. The van der Waals surface area contributed by atoms with Crippen molar-refractivity contribution in [1.82, 2.24) is 20.8 Å². The average molecular weight is 265 g/mol. The van der Waals surface area contributed by atoms with Gasteiger partial charge in [-0.15, -0.1) is 10.2 Å². The van der Waals surface area contributed by atoms with E-state index >= 15 is 0 Å². The van der Waals surface area contributed by atoms with Crippen LogP contribution in [-0.2, 0) is 4.79 Å². The number of carbonyl (C=O) groups is 2. The number of nitrogens with zero attached hydrogens (tertiary/aromatic N) is 2. The number of hydrogen-bond donors (Lipinski definition) is 3. The molecule has 0 radical (unpaired) electrons. The highest BCUT2D eigenvalue weighted by atomic mass is 16.2. The van der Waals surface area contributed by atoms with Crippen molar-refractivity contribution in [3.63, 3.8) is 0 Å². The van der Waals surface area contributed by atoms with Crippen LogP contribution in [-0.4, -0.2) is 42.7 Å². The van der Waals surface area contributed by atoms with Crippen molar-refractivity contribution >= 4 is 17.6 Å². The molecule has 0 aliphatic carbocycles. The van der Waals surface area contributed by atoms with Crippen LogP contribution in [0.15, 0.2) is 12.1 Å². The van der Waals surface area contributed by atoms with Crippen LogP contribution in [0.3, 0.4) is 0 Å². The summed E-state index contributed by atoms with van der Waals surface area (Å²) in [4.78, 5) is 23.4. The molecule has 0 atom stereocenters. The molecule has 0 saturated carbocycles. The molecule has 104 valence electrons. The quantitative estimate of drug-likeness (QED) is 0.697. The number of rotatable bonds is 5. The molecule has 0 aliphatic rings. The summed E-state index contributed by atoms with van der Waals surface area (Å²) < 4.78 is 0. The molecule has 0 fully saturated rings. The van der Waals surface area contributed by atoms with E-state index in [1.54, 1.807) is 40.1 Å². The Morgan fingerprint density at radius 3 is 2.37 bits per heavy atom. The molecule has 1 rings (SSSR count). The van der Waals surface area contributed by atoms with Crippen LogP contribution in [0.4, 0.5) is 5.82 Å². The van der Waals surface area contributed by atoms with Crippen molar-refractivity contribution in [2.24, 2.45) is 5.41 Å². The van der Waals surface area contributed by atoms with Gasteiger partial charge in [0.1, 0.15) is 5.82 Å². The normalized spacial score (nSPS) is 10.7. The molecule has 0 spiro atoms. The summed E-state index contributed by atoms with van der Waals surface area (Å²) in [5.74, 6) is 0.0961. The summed E-state index contributed by atoms with van der Waals surface area (Å²) >= 11 is 0. The maximum Gasteiger partial charge on any atom is 0.271 e. The van der Waals surface area contributed by atoms with Crippen LogP contribution in [0.5, 0.6) is 0 Å². The lowest BCUT2D eigenvalue weighted by Gasteiger charge is -2.22. The number of nitrogens with one attached hydrogen (secondary N) is 3. The predicted octanol–water partition coefficient (Wildman–Crippen LogP) is 0.0203. The molecule has 2 amide bonds. The minimum absolute atomic E-state index is 0.135. The zero-order valence-corrected chi connectivity index (χ0v) is 11.6. The van der Waals surface area contributed by atoms with Gasteiger partial charge in [-0.05, 0) is 26.0 Å². The number of amides is 2. The maximum absolute atomic E-state index is 11.8. The highest BCUT2D eigenvalue weighted by Crippen LogP contribution is 2.13. The fraction of sp³-hybridized carbons (Fsp3) is 0.500. The first kappa shape index (κ1) is 14.9. The van der Waals surface area contributed by atoms with Crippen LogP contribution >= 0.6 is 0 Å². The summed E-state index contributed by atoms with van der Waals surface area (Å²) in [6.07, 6.45) is 0. The van der Waals surface area contributed by atoms with Gasteiger partial charge in [0.25, 0.3) is 5.91 Å². The molecular formula is C12H19N5O2. The Hall–Kier alpha value is -2.18. The predicted molar refractivity (Wildman–Crippen MR) is 71.8 cm³/mol. The zero-order chi connectivity index (χ0) is 14.5. The average Bonchev–Trinajstić information content (AvgIpc) is 2.43. The molecule has 3 N–H and O–H groups in total.